The van der Waals surface area contributed by atoms with Gasteiger partial charge >= 0.3 is 0 Å². The molecule has 7 heteroatoms. The standard InChI is InChI=1S/C19H19NO5S/c21-10-19-9-20(7-13(19)12-3-1-2-4-14(12)25-11-19)18(22)17-16-15(8-26-17)23-5-6-24-16/h1-4,8,13,21H,5-7,9-11H2. The monoisotopic (exact) mass is 373 g/mol. The number of aliphatic hydroxyl groups is 1. The summed E-state index contributed by atoms with van der Waals surface area (Å²) in [6.45, 7) is 2.39. The first-order valence-corrected chi connectivity index (χ1v) is 9.59. The molecule has 6 nitrogen and oxygen atoms in total. The largest absolute Gasteiger partial charge is 0.493 e. The third kappa shape index (κ3) is 2.23. The molecule has 0 saturated carbocycles. The minimum Gasteiger partial charge on any atom is -0.493 e. The van der Waals surface area contributed by atoms with E-state index in [-0.39, 0.29) is 18.4 Å². The van der Waals surface area contributed by atoms with Gasteiger partial charge in [-0.05, 0) is 11.6 Å². The van der Waals surface area contributed by atoms with Crippen LogP contribution in [0.25, 0.3) is 0 Å². The summed E-state index contributed by atoms with van der Waals surface area (Å²) in [7, 11) is 0. The highest BCUT2D eigenvalue weighted by atomic mass is 32.1. The number of fused-ring (bicyclic) bond motifs is 4. The van der Waals surface area contributed by atoms with E-state index in [0.717, 1.165) is 11.3 Å². The molecule has 0 radical (unpaired) electrons. The van der Waals surface area contributed by atoms with E-state index in [1.807, 2.05) is 34.5 Å². The average molecular weight is 373 g/mol. The lowest BCUT2D eigenvalue weighted by Crippen LogP contribution is -2.42. The van der Waals surface area contributed by atoms with E-state index < -0.39 is 5.41 Å². The maximum atomic E-state index is 13.2. The summed E-state index contributed by atoms with van der Waals surface area (Å²) in [5.74, 6) is 2.04. The second-order valence-electron chi connectivity index (χ2n) is 7.04. The van der Waals surface area contributed by atoms with Crippen LogP contribution in [0.5, 0.6) is 17.2 Å². The Hall–Kier alpha value is -2.25. The van der Waals surface area contributed by atoms with Crippen molar-refractivity contribution in [3.8, 4) is 17.2 Å². The number of aliphatic hydroxyl groups excluding tert-OH is 1. The van der Waals surface area contributed by atoms with Crippen LogP contribution in [0.2, 0.25) is 0 Å². The zero-order valence-corrected chi connectivity index (χ0v) is 15.0. The molecule has 2 atom stereocenters. The van der Waals surface area contributed by atoms with E-state index in [9.17, 15) is 9.90 Å². The van der Waals surface area contributed by atoms with Crippen molar-refractivity contribution in [1.82, 2.24) is 4.90 Å². The third-order valence-corrected chi connectivity index (χ3v) is 6.48. The lowest BCUT2D eigenvalue weighted by Gasteiger charge is -2.37. The summed E-state index contributed by atoms with van der Waals surface area (Å²) in [6.07, 6.45) is 0. The zero-order valence-electron chi connectivity index (χ0n) is 14.1. The van der Waals surface area contributed by atoms with Gasteiger partial charge in [0.05, 0.1) is 18.6 Å². The van der Waals surface area contributed by atoms with Crippen LogP contribution < -0.4 is 14.2 Å². The Bertz CT molecular complexity index is 865. The number of carbonyl (C=O) groups is 1. The molecule has 0 bridgehead atoms. The summed E-state index contributed by atoms with van der Waals surface area (Å²) in [5, 5.41) is 12.0. The van der Waals surface area contributed by atoms with Gasteiger partial charge in [0.1, 0.15) is 23.8 Å². The molecule has 3 aliphatic rings. The van der Waals surface area contributed by atoms with E-state index in [2.05, 4.69) is 0 Å². The predicted molar refractivity (Wildman–Crippen MR) is 95.4 cm³/mol. The molecule has 0 aliphatic carbocycles. The summed E-state index contributed by atoms with van der Waals surface area (Å²) in [5.41, 5.74) is 0.606. The van der Waals surface area contributed by atoms with Crippen molar-refractivity contribution in [3.05, 3.63) is 40.1 Å². The fourth-order valence-corrected chi connectivity index (χ4v) is 5.08. The van der Waals surface area contributed by atoms with E-state index in [0.29, 0.717) is 49.3 Å². The van der Waals surface area contributed by atoms with Gasteiger partial charge in [0.2, 0.25) is 0 Å². The summed E-state index contributed by atoms with van der Waals surface area (Å²) >= 11 is 1.35. The Morgan fingerprint density at radius 3 is 2.96 bits per heavy atom. The number of hydrogen-bond acceptors (Lipinski definition) is 6. The number of benzene rings is 1. The van der Waals surface area contributed by atoms with Crippen LogP contribution in [0.15, 0.2) is 29.6 Å². The Labute approximate surface area is 154 Å². The minimum atomic E-state index is -0.460. The van der Waals surface area contributed by atoms with Gasteiger partial charge < -0.3 is 24.2 Å². The van der Waals surface area contributed by atoms with Crippen LogP contribution in [-0.2, 0) is 0 Å². The normalized spacial score (nSPS) is 26.0. The first-order valence-electron chi connectivity index (χ1n) is 8.71. The van der Waals surface area contributed by atoms with Crippen LogP contribution in [0, 0.1) is 5.41 Å². The number of para-hydroxylation sites is 1. The average Bonchev–Trinajstić information content (AvgIpc) is 3.30. The van der Waals surface area contributed by atoms with Crippen molar-refractivity contribution in [3.63, 3.8) is 0 Å². The van der Waals surface area contributed by atoms with Crippen LogP contribution in [-0.4, -0.2) is 55.4 Å². The molecule has 0 spiro atoms. The van der Waals surface area contributed by atoms with Crippen LogP contribution in [0.4, 0.5) is 0 Å². The summed E-state index contributed by atoms with van der Waals surface area (Å²) in [6, 6.07) is 7.89. The number of amides is 1. The van der Waals surface area contributed by atoms with Crippen molar-refractivity contribution < 1.29 is 24.1 Å². The van der Waals surface area contributed by atoms with Gasteiger partial charge in [-0.15, -0.1) is 11.3 Å². The van der Waals surface area contributed by atoms with Crippen molar-refractivity contribution in [2.75, 3.05) is 39.5 Å². The molecule has 4 heterocycles. The van der Waals surface area contributed by atoms with E-state index in [1.54, 1.807) is 0 Å². The highest BCUT2D eigenvalue weighted by Crippen LogP contribution is 2.50. The molecule has 5 rings (SSSR count). The quantitative estimate of drug-likeness (QED) is 0.874. The molecule has 136 valence electrons. The van der Waals surface area contributed by atoms with Crippen molar-refractivity contribution in [2.24, 2.45) is 5.41 Å². The number of likely N-dealkylation sites (tertiary alicyclic amines) is 1. The Balaban J connectivity index is 1.47. The van der Waals surface area contributed by atoms with Crippen molar-refractivity contribution in [1.29, 1.82) is 0 Å². The lowest BCUT2D eigenvalue weighted by molar-refractivity contribution is 0.0440. The molecular formula is C19H19NO5S. The van der Waals surface area contributed by atoms with Gasteiger partial charge in [-0.2, -0.15) is 0 Å². The first-order chi connectivity index (χ1) is 12.7. The molecular weight excluding hydrogens is 354 g/mol. The molecule has 1 saturated heterocycles. The molecule has 1 aromatic heterocycles. The fraction of sp³-hybridized carbons (Fsp3) is 0.421. The number of nitrogens with zero attached hydrogens (tertiary/aromatic N) is 1. The molecule has 1 fully saturated rings. The predicted octanol–water partition coefficient (Wildman–Crippen LogP) is 2.13. The van der Waals surface area contributed by atoms with Gasteiger partial charge in [0.25, 0.3) is 5.91 Å². The molecule has 2 aromatic rings. The number of hydrogen-bond donors (Lipinski definition) is 1. The van der Waals surface area contributed by atoms with Gasteiger partial charge in [0, 0.05) is 24.4 Å². The Kier molecular flexibility index (Phi) is 3.62. The topological polar surface area (TPSA) is 68.2 Å². The molecule has 1 aromatic carbocycles. The molecule has 1 amide bonds. The number of thiophene rings is 1. The lowest BCUT2D eigenvalue weighted by atomic mass is 9.74. The molecule has 26 heavy (non-hydrogen) atoms. The zero-order chi connectivity index (χ0) is 17.7. The van der Waals surface area contributed by atoms with Crippen molar-refractivity contribution >= 4 is 17.2 Å². The highest BCUT2D eigenvalue weighted by molar-refractivity contribution is 7.12. The Morgan fingerprint density at radius 1 is 1.23 bits per heavy atom. The second-order valence-corrected chi connectivity index (χ2v) is 7.92. The second kappa shape index (κ2) is 5.89. The smallest absolute Gasteiger partial charge is 0.267 e. The van der Waals surface area contributed by atoms with Gasteiger partial charge in [-0.25, -0.2) is 0 Å². The summed E-state index contributed by atoms with van der Waals surface area (Å²) < 4.78 is 17.1. The highest BCUT2D eigenvalue weighted by Gasteiger charge is 2.52. The maximum Gasteiger partial charge on any atom is 0.267 e. The SMILES string of the molecule is O=C(c1scc2c1OCCO2)N1CC2c3ccccc3OCC2(CO)C1. The fourth-order valence-electron chi connectivity index (χ4n) is 4.18. The molecule has 3 aliphatic heterocycles. The Morgan fingerprint density at radius 2 is 2.08 bits per heavy atom. The number of carbonyl (C=O) groups excluding carboxylic acids is 1. The van der Waals surface area contributed by atoms with Crippen LogP contribution >= 0.6 is 11.3 Å². The third-order valence-electron chi connectivity index (χ3n) is 5.55. The van der Waals surface area contributed by atoms with E-state index >= 15 is 0 Å². The van der Waals surface area contributed by atoms with Gasteiger partial charge in [-0.1, -0.05) is 18.2 Å². The minimum absolute atomic E-state index is 0.0159. The van der Waals surface area contributed by atoms with E-state index in [4.69, 9.17) is 14.2 Å². The van der Waals surface area contributed by atoms with Gasteiger partial charge in [-0.3, -0.25) is 4.79 Å². The first kappa shape index (κ1) is 16.0. The van der Waals surface area contributed by atoms with Crippen LogP contribution in [0.1, 0.15) is 21.2 Å². The van der Waals surface area contributed by atoms with Gasteiger partial charge in [0.15, 0.2) is 11.5 Å². The molecule has 1 N–H and O–H groups in total. The van der Waals surface area contributed by atoms with E-state index in [1.165, 1.54) is 11.3 Å². The van der Waals surface area contributed by atoms with Crippen molar-refractivity contribution in [2.45, 2.75) is 5.92 Å². The number of ether oxygens (including phenoxy) is 3. The number of rotatable bonds is 2. The molecule has 2 unspecified atom stereocenters. The maximum absolute atomic E-state index is 13.2. The summed E-state index contributed by atoms with van der Waals surface area (Å²) in [4.78, 5) is 15.6. The van der Waals surface area contributed by atoms with Crippen LogP contribution in [0.3, 0.4) is 0 Å².